The van der Waals surface area contributed by atoms with Crippen molar-refractivity contribution >= 4 is 23.5 Å². The van der Waals surface area contributed by atoms with Crippen molar-refractivity contribution in [1.82, 2.24) is 15.1 Å². The van der Waals surface area contributed by atoms with E-state index in [9.17, 15) is 22.8 Å². The van der Waals surface area contributed by atoms with Crippen LogP contribution in [-0.2, 0) is 6.54 Å². The number of nitrogens with zero attached hydrogens (tertiary/aromatic N) is 2. The van der Waals surface area contributed by atoms with Gasteiger partial charge < -0.3 is 15.1 Å². The normalized spacial score (nSPS) is 14.5. The maximum Gasteiger partial charge on any atom is 0.317 e. The number of urea groups is 1. The molecule has 0 aromatic heterocycles. The van der Waals surface area contributed by atoms with Gasteiger partial charge in [-0.05, 0) is 42.8 Å². The summed E-state index contributed by atoms with van der Waals surface area (Å²) < 4.78 is 40.7. The summed E-state index contributed by atoms with van der Waals surface area (Å²) in [5, 5.41) is 2.44. The first kappa shape index (κ1) is 21.0. The first-order valence-corrected chi connectivity index (χ1v) is 9.44. The molecule has 0 saturated carbocycles. The number of hydrogen-bond donors (Lipinski definition) is 1. The van der Waals surface area contributed by atoms with Crippen LogP contribution in [0.4, 0.5) is 18.0 Å². The Kier molecular flexibility index (Phi) is 6.64. The number of halogens is 4. The van der Waals surface area contributed by atoms with Crippen molar-refractivity contribution in [2.45, 2.75) is 13.0 Å². The van der Waals surface area contributed by atoms with E-state index in [0.29, 0.717) is 31.6 Å². The quantitative estimate of drug-likeness (QED) is 0.813. The lowest BCUT2D eigenvalue weighted by molar-refractivity contribution is 0.0762. The Morgan fingerprint density at radius 3 is 2.17 bits per heavy atom. The second-order valence-electron chi connectivity index (χ2n) is 6.65. The molecule has 1 fully saturated rings. The molecule has 0 unspecified atom stereocenters. The van der Waals surface area contributed by atoms with Gasteiger partial charge in [-0.1, -0.05) is 11.6 Å². The van der Waals surface area contributed by atoms with Gasteiger partial charge in [-0.3, -0.25) is 4.79 Å². The lowest BCUT2D eigenvalue weighted by Crippen LogP contribution is -2.42. The van der Waals surface area contributed by atoms with Crippen LogP contribution >= 0.6 is 11.6 Å². The minimum absolute atomic E-state index is 0.0616. The number of rotatable bonds is 3. The highest BCUT2D eigenvalue weighted by Gasteiger charge is 2.23. The Morgan fingerprint density at radius 1 is 0.931 bits per heavy atom. The molecule has 154 valence electrons. The summed E-state index contributed by atoms with van der Waals surface area (Å²) in [5.74, 6) is -2.32. The number of amides is 3. The van der Waals surface area contributed by atoms with E-state index < -0.39 is 23.5 Å². The number of benzene rings is 2. The molecule has 0 spiro atoms. The third-order valence-corrected chi connectivity index (χ3v) is 4.90. The number of carbonyl (C=O) groups is 2. The summed E-state index contributed by atoms with van der Waals surface area (Å²) >= 11 is 5.59. The lowest BCUT2D eigenvalue weighted by atomic mass is 10.2. The topological polar surface area (TPSA) is 52.7 Å². The smallest absolute Gasteiger partial charge is 0.317 e. The molecule has 0 aliphatic carbocycles. The predicted molar refractivity (Wildman–Crippen MR) is 102 cm³/mol. The molecule has 0 atom stereocenters. The monoisotopic (exact) mass is 425 g/mol. The molecule has 2 aromatic rings. The molecule has 1 saturated heterocycles. The molecule has 0 bridgehead atoms. The Hall–Kier alpha value is -2.74. The van der Waals surface area contributed by atoms with Gasteiger partial charge >= 0.3 is 6.03 Å². The minimum Gasteiger partial charge on any atom is -0.337 e. The standard InChI is InChI=1S/C20H19ClF3N3O2/c21-14-10-17(23)16(18(24)11-14)12-25-20(29)27-7-1-6-26(8-9-27)19(28)13-2-4-15(22)5-3-13/h2-5,10-11H,1,6-9,12H2,(H,25,29). The Labute approximate surface area is 171 Å². The molecular formula is C20H19ClF3N3O2. The largest absolute Gasteiger partial charge is 0.337 e. The van der Waals surface area contributed by atoms with Crippen LogP contribution in [0.2, 0.25) is 5.02 Å². The summed E-state index contributed by atoms with van der Waals surface area (Å²) in [6, 6.07) is 6.77. The molecule has 3 amide bonds. The fourth-order valence-electron chi connectivity index (χ4n) is 3.12. The Morgan fingerprint density at radius 2 is 1.52 bits per heavy atom. The molecule has 0 radical (unpaired) electrons. The zero-order valence-electron chi connectivity index (χ0n) is 15.4. The van der Waals surface area contributed by atoms with E-state index in [2.05, 4.69) is 5.32 Å². The van der Waals surface area contributed by atoms with Crippen molar-refractivity contribution in [3.8, 4) is 0 Å². The van der Waals surface area contributed by atoms with Gasteiger partial charge in [-0.2, -0.15) is 0 Å². The van der Waals surface area contributed by atoms with Gasteiger partial charge in [0.15, 0.2) is 0 Å². The van der Waals surface area contributed by atoms with Crippen LogP contribution in [0.25, 0.3) is 0 Å². The molecule has 1 aliphatic heterocycles. The Bertz CT molecular complexity index is 885. The average Bonchev–Trinajstić information content (AvgIpc) is 2.93. The van der Waals surface area contributed by atoms with Crippen LogP contribution in [0.1, 0.15) is 22.3 Å². The fraction of sp³-hybridized carbons (Fsp3) is 0.300. The molecule has 1 heterocycles. The fourth-order valence-corrected chi connectivity index (χ4v) is 3.31. The van der Waals surface area contributed by atoms with Gasteiger partial charge in [0.1, 0.15) is 17.5 Å². The second kappa shape index (κ2) is 9.17. The SMILES string of the molecule is O=C(NCc1c(F)cc(Cl)cc1F)N1CCCN(C(=O)c2ccc(F)cc2)CC1. The first-order valence-electron chi connectivity index (χ1n) is 9.06. The van der Waals surface area contributed by atoms with Crippen LogP contribution in [0.5, 0.6) is 0 Å². The third kappa shape index (κ3) is 5.20. The summed E-state index contributed by atoms with van der Waals surface area (Å²) in [6.07, 6.45) is 0.546. The van der Waals surface area contributed by atoms with E-state index in [1.165, 1.54) is 29.2 Å². The van der Waals surface area contributed by atoms with Crippen molar-refractivity contribution in [2.24, 2.45) is 0 Å². The van der Waals surface area contributed by atoms with Crippen LogP contribution in [0, 0.1) is 17.5 Å². The van der Waals surface area contributed by atoms with Crippen molar-refractivity contribution in [3.05, 3.63) is 70.0 Å². The van der Waals surface area contributed by atoms with Gasteiger partial charge in [0.05, 0.1) is 6.54 Å². The molecule has 9 heteroatoms. The van der Waals surface area contributed by atoms with Crippen LogP contribution in [0.3, 0.4) is 0 Å². The van der Waals surface area contributed by atoms with Gasteiger partial charge in [-0.15, -0.1) is 0 Å². The molecule has 1 N–H and O–H groups in total. The van der Waals surface area contributed by atoms with Crippen molar-refractivity contribution < 1.29 is 22.8 Å². The van der Waals surface area contributed by atoms with E-state index in [4.69, 9.17) is 11.6 Å². The number of nitrogens with one attached hydrogen (secondary N) is 1. The highest BCUT2D eigenvalue weighted by molar-refractivity contribution is 6.30. The van der Waals surface area contributed by atoms with Crippen LogP contribution in [0.15, 0.2) is 36.4 Å². The molecular weight excluding hydrogens is 407 g/mol. The highest BCUT2D eigenvalue weighted by Crippen LogP contribution is 2.19. The van der Waals surface area contributed by atoms with E-state index in [1.54, 1.807) is 4.90 Å². The zero-order chi connectivity index (χ0) is 21.0. The van der Waals surface area contributed by atoms with E-state index in [0.717, 1.165) is 12.1 Å². The van der Waals surface area contributed by atoms with Gasteiger partial charge in [-0.25, -0.2) is 18.0 Å². The maximum atomic E-state index is 13.8. The van der Waals surface area contributed by atoms with Crippen LogP contribution in [-0.4, -0.2) is 47.9 Å². The van der Waals surface area contributed by atoms with E-state index in [1.807, 2.05) is 0 Å². The highest BCUT2D eigenvalue weighted by atomic mass is 35.5. The first-order chi connectivity index (χ1) is 13.8. The molecule has 1 aliphatic rings. The minimum atomic E-state index is -0.831. The maximum absolute atomic E-state index is 13.8. The van der Waals surface area contributed by atoms with E-state index >= 15 is 0 Å². The van der Waals surface area contributed by atoms with Gasteiger partial charge in [0.2, 0.25) is 0 Å². The predicted octanol–water partition coefficient (Wildman–Crippen LogP) is 3.82. The molecule has 2 aromatic carbocycles. The van der Waals surface area contributed by atoms with Gasteiger partial charge in [0.25, 0.3) is 5.91 Å². The van der Waals surface area contributed by atoms with Gasteiger partial charge in [0, 0.05) is 42.3 Å². The number of carbonyl (C=O) groups excluding carboxylic acids is 2. The molecule has 3 rings (SSSR count). The van der Waals surface area contributed by atoms with Crippen LogP contribution < -0.4 is 5.32 Å². The lowest BCUT2D eigenvalue weighted by Gasteiger charge is -2.22. The van der Waals surface area contributed by atoms with Crippen molar-refractivity contribution in [1.29, 1.82) is 0 Å². The summed E-state index contributed by atoms with van der Waals surface area (Å²) in [4.78, 5) is 28.0. The second-order valence-corrected chi connectivity index (χ2v) is 7.08. The summed E-state index contributed by atoms with van der Waals surface area (Å²) in [6.45, 7) is 1.09. The Balaban J connectivity index is 1.57. The zero-order valence-corrected chi connectivity index (χ0v) is 16.2. The number of hydrogen-bond acceptors (Lipinski definition) is 2. The molecule has 29 heavy (non-hydrogen) atoms. The van der Waals surface area contributed by atoms with Crippen molar-refractivity contribution in [3.63, 3.8) is 0 Å². The average molecular weight is 426 g/mol. The van der Waals surface area contributed by atoms with Crippen molar-refractivity contribution in [2.75, 3.05) is 26.2 Å². The molecule has 5 nitrogen and oxygen atoms in total. The third-order valence-electron chi connectivity index (χ3n) is 4.68. The summed E-state index contributed by atoms with van der Waals surface area (Å²) in [5.41, 5.74) is 0.101. The van der Waals surface area contributed by atoms with E-state index in [-0.39, 0.29) is 29.6 Å². The summed E-state index contributed by atoms with van der Waals surface area (Å²) in [7, 11) is 0.